The number of ether oxygens (including phenoxy) is 3. The number of nitrogens with zero attached hydrogens (tertiary/aromatic N) is 1. The van der Waals surface area contributed by atoms with E-state index < -0.39 is 0 Å². The van der Waals surface area contributed by atoms with E-state index in [1.54, 1.807) is 13.2 Å². The summed E-state index contributed by atoms with van der Waals surface area (Å²) in [6, 6.07) is 21.8. The second kappa shape index (κ2) is 10.2. The number of hydrogen-bond acceptors (Lipinski definition) is 5. The van der Waals surface area contributed by atoms with Crippen molar-refractivity contribution in [2.24, 2.45) is 0 Å². The van der Waals surface area contributed by atoms with E-state index in [9.17, 15) is 5.11 Å². The molecule has 0 aliphatic carbocycles. The molecular formula is C29H31NO4. The summed E-state index contributed by atoms with van der Waals surface area (Å²) in [5.41, 5.74) is 4.76. The van der Waals surface area contributed by atoms with Gasteiger partial charge in [-0.05, 0) is 49.2 Å². The Bertz CT molecular complexity index is 1150. The van der Waals surface area contributed by atoms with Crippen LogP contribution in [0.25, 0.3) is 11.1 Å². The maximum atomic E-state index is 10.9. The zero-order valence-electron chi connectivity index (χ0n) is 19.6. The molecule has 3 aromatic rings. The summed E-state index contributed by atoms with van der Waals surface area (Å²) in [4.78, 5) is 2.48. The lowest BCUT2D eigenvalue weighted by Gasteiger charge is -2.26. The van der Waals surface area contributed by atoms with Crippen molar-refractivity contribution in [2.75, 3.05) is 40.0 Å². The fourth-order valence-corrected chi connectivity index (χ4v) is 4.81. The van der Waals surface area contributed by atoms with Gasteiger partial charge in [-0.2, -0.15) is 0 Å². The van der Waals surface area contributed by atoms with E-state index in [1.807, 2.05) is 36.4 Å². The molecule has 2 heterocycles. The predicted octanol–water partition coefficient (Wildman–Crippen LogP) is 5.62. The van der Waals surface area contributed by atoms with Gasteiger partial charge in [0.1, 0.15) is 36.2 Å². The van der Waals surface area contributed by atoms with E-state index in [-0.39, 0.29) is 5.75 Å². The molecule has 1 N–H and O–H groups in total. The first-order valence-corrected chi connectivity index (χ1v) is 12.0. The number of hydrogen-bond donors (Lipinski definition) is 1. The average molecular weight is 458 g/mol. The Balaban J connectivity index is 1.45. The monoisotopic (exact) mass is 457 g/mol. The van der Waals surface area contributed by atoms with Crippen LogP contribution in [0.5, 0.6) is 23.0 Å². The summed E-state index contributed by atoms with van der Waals surface area (Å²) in [5, 5.41) is 10.9. The first-order chi connectivity index (χ1) is 16.7. The van der Waals surface area contributed by atoms with Gasteiger partial charge < -0.3 is 19.3 Å². The topological polar surface area (TPSA) is 51.2 Å². The van der Waals surface area contributed by atoms with Crippen molar-refractivity contribution in [2.45, 2.75) is 19.3 Å². The highest BCUT2D eigenvalue weighted by atomic mass is 16.5. The number of phenols is 1. The largest absolute Gasteiger partial charge is 0.507 e. The number of fused-ring (bicyclic) bond motifs is 1. The highest BCUT2D eigenvalue weighted by molar-refractivity contribution is 6.03. The number of piperidine rings is 1. The van der Waals surface area contributed by atoms with Gasteiger partial charge in [0.2, 0.25) is 0 Å². The first kappa shape index (κ1) is 22.4. The molecule has 5 nitrogen and oxygen atoms in total. The predicted molar refractivity (Wildman–Crippen MR) is 135 cm³/mol. The minimum absolute atomic E-state index is 0.138. The van der Waals surface area contributed by atoms with Crippen LogP contribution < -0.4 is 14.2 Å². The third-order valence-electron chi connectivity index (χ3n) is 6.60. The molecule has 1 fully saturated rings. The molecule has 0 aromatic heterocycles. The first-order valence-electron chi connectivity index (χ1n) is 12.0. The molecule has 0 amide bonds. The number of methoxy groups -OCH3 is 1. The maximum absolute atomic E-state index is 10.9. The van der Waals surface area contributed by atoms with Crippen LogP contribution in [0, 0.1) is 0 Å². The van der Waals surface area contributed by atoms with Crippen molar-refractivity contribution < 1.29 is 19.3 Å². The summed E-state index contributed by atoms with van der Waals surface area (Å²) in [5.74, 6) is 2.18. The molecule has 2 aliphatic rings. The molecule has 0 radical (unpaired) electrons. The third-order valence-corrected chi connectivity index (χ3v) is 6.60. The zero-order valence-corrected chi connectivity index (χ0v) is 19.6. The molecule has 0 bridgehead atoms. The maximum Gasteiger partial charge on any atom is 0.135 e. The van der Waals surface area contributed by atoms with Crippen molar-refractivity contribution in [1.82, 2.24) is 4.90 Å². The van der Waals surface area contributed by atoms with Crippen molar-refractivity contribution in [3.8, 4) is 23.0 Å². The number of likely N-dealkylation sites (tertiary alicyclic amines) is 1. The van der Waals surface area contributed by atoms with E-state index in [4.69, 9.17) is 14.2 Å². The summed E-state index contributed by atoms with van der Waals surface area (Å²) in [6.07, 6.45) is 3.92. The summed E-state index contributed by atoms with van der Waals surface area (Å²) in [7, 11) is 1.58. The molecule has 34 heavy (non-hydrogen) atoms. The van der Waals surface area contributed by atoms with Crippen LogP contribution in [0.15, 0.2) is 66.7 Å². The molecular weight excluding hydrogens is 426 g/mol. The number of rotatable bonds is 7. The van der Waals surface area contributed by atoms with Crippen LogP contribution in [0.1, 0.15) is 36.0 Å². The molecule has 3 aromatic carbocycles. The van der Waals surface area contributed by atoms with Gasteiger partial charge in [-0.15, -0.1) is 0 Å². The quantitative estimate of drug-likeness (QED) is 0.499. The lowest BCUT2D eigenvalue weighted by Crippen LogP contribution is -2.33. The van der Waals surface area contributed by atoms with Crippen LogP contribution in [0.2, 0.25) is 0 Å². The van der Waals surface area contributed by atoms with Gasteiger partial charge in [-0.25, -0.2) is 0 Å². The Morgan fingerprint density at radius 2 is 1.65 bits per heavy atom. The van der Waals surface area contributed by atoms with Crippen LogP contribution in [-0.2, 0) is 0 Å². The molecule has 0 saturated carbocycles. The number of aromatic hydroxyl groups is 1. The molecule has 2 aliphatic heterocycles. The molecule has 0 spiro atoms. The van der Waals surface area contributed by atoms with Gasteiger partial charge in [0, 0.05) is 29.8 Å². The van der Waals surface area contributed by atoms with Crippen molar-refractivity contribution in [3.05, 3.63) is 83.4 Å². The molecule has 5 rings (SSSR count). The minimum Gasteiger partial charge on any atom is -0.507 e. The summed E-state index contributed by atoms with van der Waals surface area (Å²) >= 11 is 0. The second-order valence-corrected chi connectivity index (χ2v) is 8.80. The fourth-order valence-electron chi connectivity index (χ4n) is 4.81. The lowest BCUT2D eigenvalue weighted by atomic mass is 9.87. The Morgan fingerprint density at radius 3 is 2.38 bits per heavy atom. The Hall–Kier alpha value is -3.44. The lowest BCUT2D eigenvalue weighted by molar-refractivity contribution is 0.183. The molecule has 176 valence electrons. The van der Waals surface area contributed by atoms with Gasteiger partial charge in [0.15, 0.2) is 0 Å². The van der Waals surface area contributed by atoms with Crippen LogP contribution in [0.4, 0.5) is 0 Å². The normalized spacial score (nSPS) is 16.0. The average Bonchev–Trinajstić information content (AvgIpc) is 2.89. The minimum atomic E-state index is 0.138. The van der Waals surface area contributed by atoms with E-state index in [0.29, 0.717) is 30.3 Å². The third kappa shape index (κ3) is 4.75. The van der Waals surface area contributed by atoms with Crippen LogP contribution in [-0.4, -0.2) is 50.0 Å². The molecule has 0 atom stereocenters. The SMILES string of the molecule is COc1cc(O)c2c(c1)OCC(c1ccccc1)=C2c1ccc(OCCN2CCCCC2)cc1. The Morgan fingerprint density at radius 1 is 0.882 bits per heavy atom. The van der Waals surface area contributed by atoms with Gasteiger partial charge >= 0.3 is 0 Å². The van der Waals surface area contributed by atoms with E-state index in [0.717, 1.165) is 34.6 Å². The standard InChI is InChI=1S/C29H31NO4/c1-32-24-18-26(31)29-27(19-24)34-20-25(21-8-4-2-5-9-21)28(29)22-10-12-23(13-11-22)33-17-16-30-14-6-3-7-15-30/h2,4-5,8-13,18-19,31H,3,6-7,14-17,20H2,1H3. The highest BCUT2D eigenvalue weighted by Gasteiger charge is 2.26. The van der Waals surface area contributed by atoms with E-state index in [1.165, 1.54) is 32.4 Å². The van der Waals surface area contributed by atoms with E-state index in [2.05, 4.69) is 29.2 Å². The Kier molecular flexibility index (Phi) is 6.72. The summed E-state index contributed by atoms with van der Waals surface area (Å²) < 4.78 is 17.4. The molecule has 0 unspecified atom stereocenters. The van der Waals surface area contributed by atoms with Gasteiger partial charge in [0.05, 0.1) is 12.7 Å². The van der Waals surface area contributed by atoms with Crippen LogP contribution in [0.3, 0.4) is 0 Å². The van der Waals surface area contributed by atoms with Crippen molar-refractivity contribution >= 4 is 11.1 Å². The van der Waals surface area contributed by atoms with Crippen LogP contribution >= 0.6 is 0 Å². The van der Waals surface area contributed by atoms with E-state index >= 15 is 0 Å². The van der Waals surface area contributed by atoms with Crippen molar-refractivity contribution in [1.29, 1.82) is 0 Å². The smallest absolute Gasteiger partial charge is 0.135 e. The van der Waals surface area contributed by atoms with Gasteiger partial charge in [-0.1, -0.05) is 48.9 Å². The van der Waals surface area contributed by atoms with Crippen molar-refractivity contribution in [3.63, 3.8) is 0 Å². The van der Waals surface area contributed by atoms with Gasteiger partial charge in [-0.3, -0.25) is 4.90 Å². The number of phenolic OH excluding ortho intramolecular Hbond substituents is 1. The summed E-state index contributed by atoms with van der Waals surface area (Å²) in [6.45, 7) is 4.41. The van der Waals surface area contributed by atoms with Gasteiger partial charge in [0.25, 0.3) is 0 Å². The molecule has 1 saturated heterocycles. The molecule has 5 heteroatoms. The Labute approximate surface area is 201 Å². The highest BCUT2D eigenvalue weighted by Crippen LogP contribution is 2.47. The number of benzene rings is 3. The zero-order chi connectivity index (χ0) is 23.3. The second-order valence-electron chi connectivity index (χ2n) is 8.80. The fraction of sp³-hybridized carbons (Fsp3) is 0.310.